The fraction of sp³-hybridized carbons (Fsp3) is 0.182. The van der Waals surface area contributed by atoms with Crippen molar-refractivity contribution >= 4 is 33.7 Å². The predicted molar refractivity (Wildman–Crippen MR) is 169 cm³/mol. The lowest BCUT2D eigenvalue weighted by Crippen LogP contribution is -2.30. The number of carbonyl (C=O) groups excluding carboxylic acids is 2. The van der Waals surface area contributed by atoms with Crippen LogP contribution in [0.15, 0.2) is 108 Å². The minimum absolute atomic E-state index is 0.0923. The number of aryl methyl sites for hydroxylation is 1. The number of anilines is 1. The van der Waals surface area contributed by atoms with Crippen LogP contribution in [-0.4, -0.2) is 45.9 Å². The van der Waals surface area contributed by atoms with Crippen molar-refractivity contribution in [1.29, 1.82) is 0 Å². The molecule has 2 N–H and O–H groups in total. The Hall–Kier alpha value is -4.96. The Labute approximate surface area is 252 Å². The number of hydrazone groups is 1. The number of ether oxygens (including phenoxy) is 1. The maximum atomic E-state index is 12.6. The van der Waals surface area contributed by atoms with Crippen LogP contribution in [0.2, 0.25) is 0 Å². The second-order valence-electron chi connectivity index (χ2n) is 9.89. The van der Waals surface area contributed by atoms with Gasteiger partial charge in [0.2, 0.25) is 10.0 Å². The normalized spacial score (nSPS) is 11.2. The quantitative estimate of drug-likeness (QED) is 0.174. The van der Waals surface area contributed by atoms with Crippen LogP contribution in [0.3, 0.4) is 0 Å². The van der Waals surface area contributed by atoms with Crippen LogP contribution in [-0.2, 0) is 27.8 Å². The molecule has 0 spiro atoms. The summed E-state index contributed by atoms with van der Waals surface area (Å²) in [6, 6.07) is 30.7. The van der Waals surface area contributed by atoms with Crippen LogP contribution in [0.4, 0.5) is 5.69 Å². The minimum Gasteiger partial charge on any atom is -0.484 e. The summed E-state index contributed by atoms with van der Waals surface area (Å²) in [6.07, 6.45) is 3.39. The number of nitrogens with one attached hydrogen (secondary N) is 2. The summed E-state index contributed by atoms with van der Waals surface area (Å²) in [4.78, 5) is 24.6. The van der Waals surface area contributed by atoms with Gasteiger partial charge in [0.25, 0.3) is 11.8 Å². The van der Waals surface area contributed by atoms with Gasteiger partial charge in [-0.25, -0.2) is 13.8 Å². The van der Waals surface area contributed by atoms with Gasteiger partial charge in [-0.05, 0) is 84.1 Å². The van der Waals surface area contributed by atoms with Gasteiger partial charge >= 0.3 is 0 Å². The van der Waals surface area contributed by atoms with Crippen LogP contribution in [0.5, 0.6) is 5.75 Å². The van der Waals surface area contributed by atoms with Gasteiger partial charge < -0.3 is 10.1 Å². The van der Waals surface area contributed by atoms with E-state index >= 15 is 0 Å². The third-order valence-corrected chi connectivity index (χ3v) is 7.74. The van der Waals surface area contributed by atoms with E-state index in [4.69, 9.17) is 4.74 Å². The smallest absolute Gasteiger partial charge is 0.271 e. The predicted octanol–water partition coefficient (Wildman–Crippen LogP) is 4.46. The largest absolute Gasteiger partial charge is 0.484 e. The Balaban J connectivity index is 1.25. The Morgan fingerprint density at radius 3 is 2.23 bits per heavy atom. The van der Waals surface area contributed by atoms with Gasteiger partial charge in [0, 0.05) is 12.1 Å². The first-order valence-corrected chi connectivity index (χ1v) is 15.5. The van der Waals surface area contributed by atoms with Crippen molar-refractivity contribution < 1.29 is 22.7 Å². The molecule has 0 aliphatic carbocycles. The van der Waals surface area contributed by atoms with Crippen molar-refractivity contribution in [2.24, 2.45) is 5.10 Å². The van der Waals surface area contributed by atoms with Crippen molar-refractivity contribution in [2.45, 2.75) is 19.9 Å². The lowest BCUT2D eigenvalue weighted by molar-refractivity contribution is -0.123. The first-order chi connectivity index (χ1) is 20.7. The molecule has 43 heavy (non-hydrogen) atoms. The maximum Gasteiger partial charge on any atom is 0.271 e. The molecule has 0 bridgehead atoms. The van der Waals surface area contributed by atoms with Crippen LogP contribution >= 0.6 is 0 Å². The highest BCUT2D eigenvalue weighted by atomic mass is 32.2. The monoisotopic (exact) mass is 598 g/mol. The van der Waals surface area contributed by atoms with Crippen molar-refractivity contribution in [3.05, 3.63) is 131 Å². The summed E-state index contributed by atoms with van der Waals surface area (Å²) in [6.45, 7) is 2.56. The molecule has 0 saturated carbocycles. The molecule has 4 rings (SSSR count). The molecule has 2 amide bonds. The molecule has 0 heterocycles. The van der Waals surface area contributed by atoms with Crippen molar-refractivity contribution in [3.63, 3.8) is 0 Å². The summed E-state index contributed by atoms with van der Waals surface area (Å²) in [5.41, 5.74) is 7.01. The van der Waals surface area contributed by atoms with E-state index in [1.807, 2.05) is 61.5 Å². The molecule has 0 aliphatic rings. The highest BCUT2D eigenvalue weighted by Gasteiger charge is 2.19. The SMILES string of the molecule is Cc1ccccc1CN(c1ccc(C(=O)N/N=C\c2ccc(OCC(=O)NCCc3ccccc3)cc2)cc1)S(C)(=O)=O. The number of hydrogen-bond acceptors (Lipinski definition) is 6. The molecule has 9 nitrogen and oxygen atoms in total. The number of benzene rings is 4. The Kier molecular flexibility index (Phi) is 10.7. The van der Waals surface area contributed by atoms with Gasteiger partial charge in [-0.1, -0.05) is 54.6 Å². The molecule has 0 fully saturated rings. The lowest BCUT2D eigenvalue weighted by atomic mass is 10.1. The minimum atomic E-state index is -3.56. The Morgan fingerprint density at radius 2 is 1.56 bits per heavy atom. The summed E-state index contributed by atoms with van der Waals surface area (Å²) >= 11 is 0. The number of amides is 2. The van der Waals surface area contributed by atoms with E-state index in [0.29, 0.717) is 23.5 Å². The molecule has 10 heteroatoms. The van der Waals surface area contributed by atoms with E-state index in [0.717, 1.165) is 34.9 Å². The van der Waals surface area contributed by atoms with Crippen LogP contribution < -0.4 is 19.8 Å². The van der Waals surface area contributed by atoms with E-state index < -0.39 is 15.9 Å². The van der Waals surface area contributed by atoms with Gasteiger partial charge in [-0.2, -0.15) is 5.10 Å². The van der Waals surface area contributed by atoms with E-state index in [9.17, 15) is 18.0 Å². The number of hydrogen-bond donors (Lipinski definition) is 2. The molecule has 4 aromatic rings. The lowest BCUT2D eigenvalue weighted by Gasteiger charge is -2.23. The zero-order chi connectivity index (χ0) is 30.7. The summed E-state index contributed by atoms with van der Waals surface area (Å²) in [5.74, 6) is -0.108. The topological polar surface area (TPSA) is 117 Å². The average molecular weight is 599 g/mol. The zero-order valence-corrected chi connectivity index (χ0v) is 24.9. The highest BCUT2D eigenvalue weighted by molar-refractivity contribution is 7.92. The van der Waals surface area contributed by atoms with E-state index in [1.54, 1.807) is 48.5 Å². The molecule has 0 saturated heterocycles. The molecular formula is C33H34N4O5S. The molecule has 0 aromatic heterocycles. The molecule has 0 atom stereocenters. The molecule has 4 aromatic carbocycles. The highest BCUT2D eigenvalue weighted by Crippen LogP contribution is 2.22. The zero-order valence-electron chi connectivity index (χ0n) is 24.1. The number of carbonyl (C=O) groups is 2. The maximum absolute atomic E-state index is 12.6. The van der Waals surface area contributed by atoms with E-state index in [1.165, 1.54) is 10.5 Å². The van der Waals surface area contributed by atoms with Gasteiger partial charge in [0.15, 0.2) is 6.61 Å². The number of rotatable bonds is 13. The second kappa shape index (κ2) is 14.8. The van der Waals surface area contributed by atoms with Crippen molar-refractivity contribution in [1.82, 2.24) is 10.7 Å². The van der Waals surface area contributed by atoms with Gasteiger partial charge in [-0.15, -0.1) is 0 Å². The van der Waals surface area contributed by atoms with Crippen molar-refractivity contribution in [3.8, 4) is 5.75 Å². The third-order valence-electron chi connectivity index (χ3n) is 6.60. The first-order valence-electron chi connectivity index (χ1n) is 13.7. The summed E-state index contributed by atoms with van der Waals surface area (Å²) < 4.78 is 31.9. The summed E-state index contributed by atoms with van der Waals surface area (Å²) in [7, 11) is -3.56. The van der Waals surface area contributed by atoms with Crippen LogP contribution in [0.25, 0.3) is 0 Å². The van der Waals surface area contributed by atoms with Crippen LogP contribution in [0.1, 0.15) is 32.6 Å². The molecule has 0 aliphatic heterocycles. The average Bonchev–Trinajstić information content (AvgIpc) is 3.00. The second-order valence-corrected chi connectivity index (χ2v) is 11.8. The Bertz CT molecular complexity index is 1660. The standard InChI is InChI=1S/C33H34N4O5S/c1-25-8-6-7-11-29(25)23-37(43(2,40)41)30-16-14-28(15-17-30)33(39)36-35-22-27-12-18-31(19-13-27)42-24-32(38)34-21-20-26-9-4-3-5-10-26/h3-19,22H,20-21,23-24H2,1-2H3,(H,34,38)(H,36,39)/b35-22-. The molecule has 222 valence electrons. The molecular weight excluding hydrogens is 564 g/mol. The van der Waals surface area contributed by atoms with Crippen LogP contribution in [0, 0.1) is 6.92 Å². The van der Waals surface area contributed by atoms with Crippen molar-refractivity contribution in [2.75, 3.05) is 23.7 Å². The van der Waals surface area contributed by atoms with E-state index in [2.05, 4.69) is 15.8 Å². The fourth-order valence-electron chi connectivity index (χ4n) is 4.19. The fourth-order valence-corrected chi connectivity index (χ4v) is 5.07. The molecule has 0 radical (unpaired) electrons. The first kappa shape index (κ1) is 31.0. The number of nitrogens with zero attached hydrogens (tertiary/aromatic N) is 2. The van der Waals surface area contributed by atoms with E-state index in [-0.39, 0.29) is 19.1 Å². The molecule has 0 unspecified atom stereocenters. The Morgan fingerprint density at radius 1 is 0.884 bits per heavy atom. The van der Waals surface area contributed by atoms with Gasteiger partial charge in [0.1, 0.15) is 5.75 Å². The third kappa shape index (κ3) is 9.54. The van der Waals surface area contributed by atoms with Gasteiger partial charge in [-0.3, -0.25) is 13.9 Å². The van der Waals surface area contributed by atoms with Gasteiger partial charge in [0.05, 0.1) is 24.7 Å². The number of sulfonamides is 1. The summed E-state index contributed by atoms with van der Waals surface area (Å²) in [5, 5.41) is 6.84.